The van der Waals surface area contributed by atoms with E-state index >= 15 is 0 Å². The SMILES string of the molecule is CCn1nc(C)c([C@H](C)NC(=O)Cn2c(C(F)(F)F)nc3ccccc32)c1C. The van der Waals surface area contributed by atoms with Crippen LogP contribution in [0.25, 0.3) is 11.0 Å². The highest BCUT2D eigenvalue weighted by molar-refractivity contribution is 5.81. The number of nitrogens with zero attached hydrogens (tertiary/aromatic N) is 4. The van der Waals surface area contributed by atoms with E-state index in [-0.39, 0.29) is 17.1 Å². The lowest BCUT2D eigenvalue weighted by molar-refractivity contribution is -0.147. The molecule has 1 amide bonds. The lowest BCUT2D eigenvalue weighted by atomic mass is 10.1. The summed E-state index contributed by atoms with van der Waals surface area (Å²) in [6.45, 7) is 7.75. The van der Waals surface area contributed by atoms with Crippen LogP contribution in [0.5, 0.6) is 0 Å². The molecule has 0 aliphatic carbocycles. The lowest BCUT2D eigenvalue weighted by Crippen LogP contribution is -2.32. The average Bonchev–Trinajstić information content (AvgIpc) is 3.12. The largest absolute Gasteiger partial charge is 0.449 e. The third kappa shape index (κ3) is 3.61. The van der Waals surface area contributed by atoms with Crippen molar-refractivity contribution in [3.63, 3.8) is 0 Å². The van der Waals surface area contributed by atoms with Gasteiger partial charge < -0.3 is 9.88 Å². The highest BCUT2D eigenvalue weighted by Gasteiger charge is 2.38. The van der Waals surface area contributed by atoms with Crippen LogP contribution in [0.1, 0.15) is 42.7 Å². The van der Waals surface area contributed by atoms with Gasteiger partial charge >= 0.3 is 6.18 Å². The molecule has 1 N–H and O–H groups in total. The number of fused-ring (bicyclic) bond motifs is 1. The Bertz CT molecular complexity index is 1020. The Kier molecular flexibility index (Phi) is 5.18. The predicted octanol–water partition coefficient (Wildman–Crippen LogP) is 3.77. The first-order valence-electron chi connectivity index (χ1n) is 8.99. The summed E-state index contributed by atoms with van der Waals surface area (Å²) < 4.78 is 42.9. The monoisotopic (exact) mass is 393 g/mol. The topological polar surface area (TPSA) is 64.7 Å². The second-order valence-electron chi connectivity index (χ2n) is 6.70. The number of imidazole rings is 1. The molecule has 6 nitrogen and oxygen atoms in total. The Morgan fingerprint density at radius 2 is 1.93 bits per heavy atom. The van der Waals surface area contributed by atoms with Gasteiger partial charge in [-0.3, -0.25) is 9.48 Å². The molecule has 0 aliphatic heterocycles. The van der Waals surface area contributed by atoms with Crippen molar-refractivity contribution in [3.8, 4) is 0 Å². The molecule has 0 fully saturated rings. The number of carbonyl (C=O) groups is 1. The number of alkyl halides is 3. The zero-order chi connectivity index (χ0) is 20.6. The molecule has 0 spiro atoms. The molecule has 0 saturated heterocycles. The molecule has 3 rings (SSSR count). The van der Waals surface area contributed by atoms with Crippen molar-refractivity contribution in [1.82, 2.24) is 24.6 Å². The van der Waals surface area contributed by atoms with Gasteiger partial charge in [-0.05, 0) is 39.8 Å². The molecular weight excluding hydrogens is 371 g/mol. The van der Waals surface area contributed by atoms with Crippen LogP contribution in [-0.2, 0) is 24.1 Å². The maximum atomic E-state index is 13.4. The second-order valence-corrected chi connectivity index (χ2v) is 6.70. The van der Waals surface area contributed by atoms with Crippen molar-refractivity contribution in [2.45, 2.75) is 53.0 Å². The number of rotatable bonds is 5. The van der Waals surface area contributed by atoms with E-state index in [1.54, 1.807) is 19.1 Å². The Morgan fingerprint density at radius 3 is 2.54 bits per heavy atom. The van der Waals surface area contributed by atoms with Gasteiger partial charge in [-0.2, -0.15) is 18.3 Å². The van der Waals surface area contributed by atoms with Gasteiger partial charge in [-0.25, -0.2) is 4.98 Å². The minimum atomic E-state index is -4.65. The van der Waals surface area contributed by atoms with Crippen LogP contribution >= 0.6 is 0 Å². The molecule has 1 aromatic carbocycles. The third-order valence-electron chi connectivity index (χ3n) is 4.76. The van der Waals surface area contributed by atoms with E-state index in [0.29, 0.717) is 6.54 Å². The van der Waals surface area contributed by atoms with Crippen molar-refractivity contribution < 1.29 is 18.0 Å². The number of aryl methyl sites for hydroxylation is 2. The maximum absolute atomic E-state index is 13.4. The van der Waals surface area contributed by atoms with Crippen molar-refractivity contribution in [1.29, 1.82) is 0 Å². The van der Waals surface area contributed by atoms with Crippen LogP contribution in [0.4, 0.5) is 13.2 Å². The van der Waals surface area contributed by atoms with E-state index < -0.39 is 24.5 Å². The van der Waals surface area contributed by atoms with E-state index in [1.807, 2.05) is 25.5 Å². The van der Waals surface area contributed by atoms with Crippen LogP contribution in [0.2, 0.25) is 0 Å². The van der Waals surface area contributed by atoms with Crippen LogP contribution < -0.4 is 5.32 Å². The molecule has 1 atom stereocenters. The first-order chi connectivity index (χ1) is 13.1. The van der Waals surface area contributed by atoms with Crippen LogP contribution in [0.3, 0.4) is 0 Å². The fourth-order valence-electron chi connectivity index (χ4n) is 3.60. The summed E-state index contributed by atoms with van der Waals surface area (Å²) in [7, 11) is 0. The Morgan fingerprint density at radius 1 is 1.25 bits per heavy atom. The number of nitrogens with one attached hydrogen (secondary N) is 1. The van der Waals surface area contributed by atoms with E-state index in [1.165, 1.54) is 12.1 Å². The molecule has 0 bridgehead atoms. The third-order valence-corrected chi connectivity index (χ3v) is 4.76. The normalized spacial score (nSPS) is 13.1. The summed E-state index contributed by atoms with van der Waals surface area (Å²) in [6.07, 6.45) is -4.65. The molecule has 0 unspecified atom stereocenters. The number of benzene rings is 1. The van der Waals surface area contributed by atoms with E-state index in [2.05, 4.69) is 15.4 Å². The van der Waals surface area contributed by atoms with Crippen molar-refractivity contribution in [2.75, 3.05) is 0 Å². The number of aromatic nitrogens is 4. The molecule has 2 aromatic heterocycles. The van der Waals surface area contributed by atoms with E-state index in [9.17, 15) is 18.0 Å². The zero-order valence-electron chi connectivity index (χ0n) is 16.1. The van der Waals surface area contributed by atoms with Gasteiger partial charge in [0.1, 0.15) is 6.54 Å². The number of hydrogen-bond donors (Lipinski definition) is 1. The lowest BCUT2D eigenvalue weighted by Gasteiger charge is -2.17. The fourth-order valence-corrected chi connectivity index (χ4v) is 3.60. The first-order valence-corrected chi connectivity index (χ1v) is 8.99. The van der Waals surface area contributed by atoms with Crippen molar-refractivity contribution in [3.05, 3.63) is 47.0 Å². The molecule has 150 valence electrons. The average molecular weight is 393 g/mol. The minimum Gasteiger partial charge on any atom is -0.348 e. The fraction of sp³-hybridized carbons (Fsp3) is 0.421. The zero-order valence-corrected chi connectivity index (χ0v) is 16.1. The van der Waals surface area contributed by atoms with Gasteiger partial charge in [0.15, 0.2) is 0 Å². The summed E-state index contributed by atoms with van der Waals surface area (Å²) >= 11 is 0. The number of halogens is 3. The minimum absolute atomic E-state index is 0.201. The summed E-state index contributed by atoms with van der Waals surface area (Å²) in [6, 6.07) is 5.87. The number of amides is 1. The van der Waals surface area contributed by atoms with Gasteiger partial charge in [0, 0.05) is 17.8 Å². The molecule has 0 saturated carbocycles. The standard InChI is InChI=1S/C19H22F3N5O/c1-5-27-13(4)17(12(3)25-27)11(2)23-16(28)10-26-15-9-7-6-8-14(15)24-18(26)19(20,21)22/h6-9,11H,5,10H2,1-4H3,(H,23,28)/t11-/m0/s1. The first kappa shape index (κ1) is 19.9. The quantitative estimate of drug-likeness (QED) is 0.718. The Labute approximate surface area is 160 Å². The number of para-hydroxylation sites is 2. The molecule has 3 aromatic rings. The molecule has 2 heterocycles. The summed E-state index contributed by atoms with van der Waals surface area (Å²) in [4.78, 5) is 16.2. The Balaban J connectivity index is 1.87. The smallest absolute Gasteiger partial charge is 0.348 e. The summed E-state index contributed by atoms with van der Waals surface area (Å²) in [5.74, 6) is -1.60. The van der Waals surface area contributed by atoms with Gasteiger partial charge in [0.25, 0.3) is 0 Å². The van der Waals surface area contributed by atoms with Gasteiger partial charge in [-0.15, -0.1) is 0 Å². The predicted molar refractivity (Wildman–Crippen MR) is 98.7 cm³/mol. The molecule has 0 aliphatic rings. The molecule has 9 heteroatoms. The Hall–Kier alpha value is -2.84. The highest BCUT2D eigenvalue weighted by atomic mass is 19.4. The highest BCUT2D eigenvalue weighted by Crippen LogP contribution is 2.31. The van der Waals surface area contributed by atoms with Crippen LogP contribution in [-0.4, -0.2) is 25.2 Å². The molecule has 28 heavy (non-hydrogen) atoms. The van der Waals surface area contributed by atoms with Crippen molar-refractivity contribution in [2.24, 2.45) is 0 Å². The number of hydrogen-bond acceptors (Lipinski definition) is 3. The van der Waals surface area contributed by atoms with Crippen molar-refractivity contribution >= 4 is 16.9 Å². The summed E-state index contributed by atoms with van der Waals surface area (Å²) in [5.41, 5.74) is 3.06. The molecular formula is C19H22F3N5O. The van der Waals surface area contributed by atoms with Crippen LogP contribution in [0, 0.1) is 13.8 Å². The van der Waals surface area contributed by atoms with E-state index in [4.69, 9.17) is 0 Å². The maximum Gasteiger partial charge on any atom is 0.449 e. The number of carbonyl (C=O) groups excluding carboxylic acids is 1. The second kappa shape index (κ2) is 7.29. The van der Waals surface area contributed by atoms with E-state index in [0.717, 1.165) is 21.5 Å². The summed E-state index contributed by atoms with van der Waals surface area (Å²) in [5, 5.41) is 7.21. The molecule has 0 radical (unpaired) electrons. The van der Waals surface area contributed by atoms with Gasteiger partial charge in [0.05, 0.1) is 22.8 Å². The van der Waals surface area contributed by atoms with Crippen LogP contribution in [0.15, 0.2) is 24.3 Å². The van der Waals surface area contributed by atoms with Gasteiger partial charge in [0.2, 0.25) is 11.7 Å². The van der Waals surface area contributed by atoms with Gasteiger partial charge in [-0.1, -0.05) is 12.1 Å².